The molecule has 3 nitrogen and oxygen atoms in total. The first-order valence-electron chi connectivity index (χ1n) is 6.69. The Bertz CT molecular complexity index is 381. The van der Waals surface area contributed by atoms with E-state index in [-0.39, 0.29) is 17.7 Å². The van der Waals surface area contributed by atoms with Crippen LogP contribution in [0.2, 0.25) is 0 Å². The highest BCUT2D eigenvalue weighted by molar-refractivity contribution is 5.45. The zero-order valence-corrected chi connectivity index (χ0v) is 11.3. The van der Waals surface area contributed by atoms with Gasteiger partial charge in [0.1, 0.15) is 0 Å². The summed E-state index contributed by atoms with van der Waals surface area (Å²) in [6.07, 6.45) is 2.64. The zero-order chi connectivity index (χ0) is 13.1. The maximum absolute atomic E-state index is 9.81. The Morgan fingerprint density at radius 1 is 1.33 bits per heavy atom. The van der Waals surface area contributed by atoms with Crippen molar-refractivity contribution in [2.75, 3.05) is 18.5 Å². The minimum atomic E-state index is -0.260. The van der Waals surface area contributed by atoms with Gasteiger partial charge in [-0.3, -0.25) is 0 Å². The molecule has 0 radical (unpaired) electrons. The van der Waals surface area contributed by atoms with Crippen molar-refractivity contribution in [2.24, 2.45) is 0 Å². The van der Waals surface area contributed by atoms with Gasteiger partial charge in [-0.1, -0.05) is 25.1 Å². The van der Waals surface area contributed by atoms with Gasteiger partial charge in [-0.2, -0.15) is 0 Å². The fraction of sp³-hybridized carbons (Fsp3) is 0.600. The van der Waals surface area contributed by atoms with E-state index in [1.165, 1.54) is 0 Å². The molecule has 0 aliphatic carbocycles. The second-order valence-electron chi connectivity index (χ2n) is 5.51. The molecule has 0 aromatic heterocycles. The van der Waals surface area contributed by atoms with Crippen LogP contribution in [0.5, 0.6) is 0 Å². The Balaban J connectivity index is 2.15. The molecule has 2 rings (SSSR count). The molecule has 1 fully saturated rings. The number of rotatable bonds is 4. The van der Waals surface area contributed by atoms with E-state index in [0.717, 1.165) is 24.9 Å². The summed E-state index contributed by atoms with van der Waals surface area (Å²) in [4.78, 5) is 0. The molecule has 1 saturated heterocycles. The Morgan fingerprint density at radius 3 is 2.67 bits per heavy atom. The minimum Gasteiger partial charge on any atom is -0.394 e. The Kier molecular flexibility index (Phi) is 3.93. The third-order valence-electron chi connectivity index (χ3n) is 3.98. The number of nitrogens with one attached hydrogen (secondary N) is 1. The lowest BCUT2D eigenvalue weighted by molar-refractivity contribution is -0.0973. The van der Waals surface area contributed by atoms with E-state index >= 15 is 0 Å². The molecule has 0 bridgehead atoms. The molecular formula is C15H23NO2. The third kappa shape index (κ3) is 2.85. The van der Waals surface area contributed by atoms with E-state index in [0.29, 0.717) is 6.61 Å². The predicted molar refractivity (Wildman–Crippen MR) is 73.8 cm³/mol. The second kappa shape index (κ2) is 5.29. The van der Waals surface area contributed by atoms with Crippen LogP contribution in [0.25, 0.3) is 0 Å². The van der Waals surface area contributed by atoms with E-state index in [1.54, 1.807) is 0 Å². The molecule has 2 unspecified atom stereocenters. The SMILES string of the molecule is CCC1(C)CC(CO)(Nc2ccccc2)CCO1. The zero-order valence-electron chi connectivity index (χ0n) is 11.3. The summed E-state index contributed by atoms with van der Waals surface area (Å²) >= 11 is 0. The molecule has 1 aliphatic rings. The predicted octanol–water partition coefficient (Wildman–Crippen LogP) is 2.81. The van der Waals surface area contributed by atoms with Crippen molar-refractivity contribution < 1.29 is 9.84 Å². The van der Waals surface area contributed by atoms with Gasteiger partial charge in [0.25, 0.3) is 0 Å². The van der Waals surface area contributed by atoms with Crippen LogP contribution in [0.15, 0.2) is 30.3 Å². The van der Waals surface area contributed by atoms with Gasteiger partial charge < -0.3 is 15.2 Å². The molecule has 1 aromatic carbocycles. The van der Waals surface area contributed by atoms with Gasteiger partial charge in [-0.15, -0.1) is 0 Å². The summed E-state index contributed by atoms with van der Waals surface area (Å²) in [5.74, 6) is 0. The number of aliphatic hydroxyl groups excluding tert-OH is 1. The van der Waals surface area contributed by atoms with Crippen LogP contribution in [0.1, 0.15) is 33.1 Å². The van der Waals surface area contributed by atoms with Crippen molar-refractivity contribution >= 4 is 5.69 Å². The molecule has 2 atom stereocenters. The van der Waals surface area contributed by atoms with Crippen LogP contribution in [0.3, 0.4) is 0 Å². The normalized spacial score (nSPS) is 32.2. The van der Waals surface area contributed by atoms with Crippen molar-refractivity contribution in [3.05, 3.63) is 30.3 Å². The Labute approximate surface area is 109 Å². The van der Waals surface area contributed by atoms with Crippen LogP contribution in [0.4, 0.5) is 5.69 Å². The van der Waals surface area contributed by atoms with Gasteiger partial charge in [0.2, 0.25) is 0 Å². The Hall–Kier alpha value is -1.06. The molecule has 18 heavy (non-hydrogen) atoms. The number of anilines is 1. The first kappa shape index (κ1) is 13.4. The van der Waals surface area contributed by atoms with Crippen molar-refractivity contribution in [3.8, 4) is 0 Å². The first-order chi connectivity index (χ1) is 8.61. The molecule has 2 N–H and O–H groups in total. The molecule has 1 heterocycles. The maximum atomic E-state index is 9.81. The number of hydrogen-bond donors (Lipinski definition) is 2. The van der Waals surface area contributed by atoms with Gasteiger partial charge in [0, 0.05) is 18.7 Å². The van der Waals surface area contributed by atoms with Gasteiger partial charge >= 0.3 is 0 Å². The fourth-order valence-electron chi connectivity index (χ4n) is 2.68. The number of benzene rings is 1. The van der Waals surface area contributed by atoms with E-state index in [2.05, 4.69) is 19.2 Å². The molecule has 1 aliphatic heterocycles. The van der Waals surface area contributed by atoms with Gasteiger partial charge in [0.05, 0.1) is 17.7 Å². The number of para-hydroxylation sites is 1. The van der Waals surface area contributed by atoms with Crippen LogP contribution >= 0.6 is 0 Å². The van der Waals surface area contributed by atoms with Crippen molar-refractivity contribution in [3.63, 3.8) is 0 Å². The molecule has 100 valence electrons. The monoisotopic (exact) mass is 249 g/mol. The Morgan fingerprint density at radius 2 is 2.06 bits per heavy atom. The highest BCUT2D eigenvalue weighted by Crippen LogP contribution is 2.36. The summed E-state index contributed by atoms with van der Waals surface area (Å²) in [5.41, 5.74) is 0.666. The van der Waals surface area contributed by atoms with Gasteiger partial charge in [-0.05, 0) is 31.9 Å². The third-order valence-corrected chi connectivity index (χ3v) is 3.98. The van der Waals surface area contributed by atoms with E-state index in [1.807, 2.05) is 30.3 Å². The minimum absolute atomic E-state index is 0.136. The lowest BCUT2D eigenvalue weighted by atomic mass is 9.79. The molecule has 1 aromatic rings. The van der Waals surface area contributed by atoms with E-state index in [4.69, 9.17) is 4.74 Å². The summed E-state index contributed by atoms with van der Waals surface area (Å²) < 4.78 is 5.86. The number of hydrogen-bond acceptors (Lipinski definition) is 3. The van der Waals surface area contributed by atoms with Crippen LogP contribution in [-0.4, -0.2) is 29.5 Å². The second-order valence-corrected chi connectivity index (χ2v) is 5.51. The van der Waals surface area contributed by atoms with E-state index < -0.39 is 0 Å². The lowest BCUT2D eigenvalue weighted by Crippen LogP contribution is -2.54. The summed E-state index contributed by atoms with van der Waals surface area (Å²) in [7, 11) is 0. The summed E-state index contributed by atoms with van der Waals surface area (Å²) in [5, 5.41) is 13.3. The number of aliphatic hydroxyl groups is 1. The average molecular weight is 249 g/mol. The maximum Gasteiger partial charge on any atom is 0.0675 e. The van der Waals surface area contributed by atoms with Crippen molar-refractivity contribution in [2.45, 2.75) is 44.2 Å². The molecule has 3 heteroatoms. The molecule has 0 saturated carbocycles. The van der Waals surface area contributed by atoms with Crippen LogP contribution in [-0.2, 0) is 4.74 Å². The highest BCUT2D eigenvalue weighted by Gasteiger charge is 2.42. The fourth-order valence-corrected chi connectivity index (χ4v) is 2.68. The molecule has 0 amide bonds. The van der Waals surface area contributed by atoms with Crippen LogP contribution < -0.4 is 5.32 Å². The topological polar surface area (TPSA) is 41.5 Å². The smallest absolute Gasteiger partial charge is 0.0675 e. The first-order valence-corrected chi connectivity index (χ1v) is 6.69. The summed E-state index contributed by atoms with van der Waals surface area (Å²) in [6, 6.07) is 10.1. The summed E-state index contributed by atoms with van der Waals surface area (Å²) in [6.45, 7) is 5.10. The van der Waals surface area contributed by atoms with Crippen LogP contribution in [0, 0.1) is 0 Å². The van der Waals surface area contributed by atoms with E-state index in [9.17, 15) is 5.11 Å². The number of ether oxygens (including phenoxy) is 1. The molecule has 0 spiro atoms. The standard InChI is InChI=1S/C15H23NO2/c1-3-14(2)11-15(12-17,9-10-18-14)16-13-7-5-4-6-8-13/h4-8,16-17H,3,9-12H2,1-2H3. The van der Waals surface area contributed by atoms with Gasteiger partial charge in [0.15, 0.2) is 0 Å². The average Bonchev–Trinajstić information content (AvgIpc) is 2.40. The molecular weight excluding hydrogens is 226 g/mol. The van der Waals surface area contributed by atoms with Gasteiger partial charge in [-0.25, -0.2) is 0 Å². The quantitative estimate of drug-likeness (QED) is 0.862. The van der Waals surface area contributed by atoms with Crippen molar-refractivity contribution in [1.82, 2.24) is 0 Å². The highest BCUT2D eigenvalue weighted by atomic mass is 16.5. The largest absolute Gasteiger partial charge is 0.394 e. The van der Waals surface area contributed by atoms with Crippen molar-refractivity contribution in [1.29, 1.82) is 0 Å². The lowest BCUT2D eigenvalue weighted by Gasteiger charge is -2.46.